The van der Waals surface area contributed by atoms with Crippen molar-refractivity contribution in [1.82, 2.24) is 25.1 Å². The molecule has 4 heterocycles. The minimum Gasteiger partial charge on any atom is -0.340 e. The molecule has 0 saturated heterocycles. The molecular formula is C15H15N5OS. The fraction of sp³-hybridized carbons (Fsp3) is 0.267. The van der Waals surface area contributed by atoms with Gasteiger partial charge in [-0.25, -0.2) is 4.98 Å². The van der Waals surface area contributed by atoms with Crippen molar-refractivity contribution >= 4 is 17.2 Å². The lowest BCUT2D eigenvalue weighted by molar-refractivity contribution is -0.131. The molecule has 7 heteroatoms. The van der Waals surface area contributed by atoms with E-state index in [4.69, 9.17) is 0 Å². The van der Waals surface area contributed by atoms with Gasteiger partial charge in [-0.05, 0) is 22.4 Å². The third kappa shape index (κ3) is 2.43. The largest absolute Gasteiger partial charge is 0.340 e. The van der Waals surface area contributed by atoms with Gasteiger partial charge < -0.3 is 9.88 Å². The number of aromatic amines is 2. The molecule has 2 N–H and O–H groups in total. The molecule has 22 heavy (non-hydrogen) atoms. The Morgan fingerprint density at radius 2 is 2.41 bits per heavy atom. The number of imidazole rings is 1. The third-order valence-electron chi connectivity index (χ3n) is 3.89. The van der Waals surface area contributed by atoms with Crippen LogP contribution >= 0.6 is 11.3 Å². The van der Waals surface area contributed by atoms with E-state index in [2.05, 4.69) is 20.2 Å². The van der Waals surface area contributed by atoms with Crippen LogP contribution in [-0.2, 0) is 24.2 Å². The van der Waals surface area contributed by atoms with Crippen LogP contribution < -0.4 is 0 Å². The Hall–Kier alpha value is -2.41. The summed E-state index contributed by atoms with van der Waals surface area (Å²) in [7, 11) is 0. The van der Waals surface area contributed by atoms with Crippen molar-refractivity contribution in [2.75, 3.05) is 6.54 Å². The standard InChI is InChI=1S/C15H15N5OS/c21-14(5-10-2-4-22-9-10)20-3-1-12-13(8-20)19-15(18-12)11-6-16-17-7-11/h2,4,6-7,9H,1,3,5,8H2,(H,16,17)(H,18,19). The number of nitrogens with one attached hydrogen (secondary N) is 2. The minimum absolute atomic E-state index is 0.170. The van der Waals surface area contributed by atoms with E-state index in [9.17, 15) is 4.79 Å². The summed E-state index contributed by atoms with van der Waals surface area (Å²) in [6.07, 6.45) is 4.81. The van der Waals surface area contributed by atoms with Gasteiger partial charge in [-0.3, -0.25) is 9.89 Å². The molecule has 0 radical (unpaired) electrons. The maximum absolute atomic E-state index is 12.4. The zero-order valence-corrected chi connectivity index (χ0v) is 12.7. The summed E-state index contributed by atoms with van der Waals surface area (Å²) in [5, 5.41) is 10.8. The van der Waals surface area contributed by atoms with Gasteiger partial charge >= 0.3 is 0 Å². The normalized spacial score (nSPS) is 14.1. The number of carbonyl (C=O) groups excluding carboxylic acids is 1. The van der Waals surface area contributed by atoms with Crippen LogP contribution in [0.1, 0.15) is 17.0 Å². The van der Waals surface area contributed by atoms with Crippen molar-refractivity contribution in [3.05, 3.63) is 46.2 Å². The average molecular weight is 313 g/mol. The molecule has 1 amide bonds. The Bertz CT molecular complexity index is 775. The molecule has 6 nitrogen and oxygen atoms in total. The topological polar surface area (TPSA) is 77.7 Å². The highest BCUT2D eigenvalue weighted by Crippen LogP contribution is 2.22. The number of nitrogens with zero attached hydrogens (tertiary/aromatic N) is 3. The van der Waals surface area contributed by atoms with Gasteiger partial charge in [0.05, 0.1) is 36.1 Å². The molecule has 1 aliphatic rings. The Kier molecular flexibility index (Phi) is 3.27. The van der Waals surface area contributed by atoms with Gasteiger partial charge in [0.15, 0.2) is 0 Å². The van der Waals surface area contributed by atoms with Crippen LogP contribution in [0.3, 0.4) is 0 Å². The average Bonchev–Trinajstić information content (AvgIpc) is 3.26. The lowest BCUT2D eigenvalue weighted by Crippen LogP contribution is -2.36. The number of hydrogen-bond donors (Lipinski definition) is 2. The number of rotatable bonds is 3. The van der Waals surface area contributed by atoms with Crippen molar-refractivity contribution in [1.29, 1.82) is 0 Å². The highest BCUT2D eigenvalue weighted by atomic mass is 32.1. The number of H-pyrrole nitrogens is 2. The van der Waals surface area contributed by atoms with Crippen LogP contribution in [0.25, 0.3) is 11.4 Å². The van der Waals surface area contributed by atoms with Gasteiger partial charge in [-0.2, -0.15) is 16.4 Å². The summed E-state index contributed by atoms with van der Waals surface area (Å²) in [4.78, 5) is 22.2. The minimum atomic E-state index is 0.170. The lowest BCUT2D eigenvalue weighted by atomic mass is 10.1. The fourth-order valence-electron chi connectivity index (χ4n) is 2.70. The van der Waals surface area contributed by atoms with E-state index >= 15 is 0 Å². The molecule has 112 valence electrons. The number of thiophene rings is 1. The van der Waals surface area contributed by atoms with Gasteiger partial charge in [-0.15, -0.1) is 0 Å². The van der Waals surface area contributed by atoms with E-state index in [0.29, 0.717) is 13.0 Å². The predicted octanol–water partition coefficient (Wildman–Crippen LogP) is 1.99. The Morgan fingerprint density at radius 1 is 1.45 bits per heavy atom. The molecule has 0 spiro atoms. The molecule has 0 aromatic carbocycles. The Balaban J connectivity index is 1.50. The van der Waals surface area contributed by atoms with E-state index in [1.807, 2.05) is 27.9 Å². The second kappa shape index (κ2) is 5.42. The molecule has 0 saturated carbocycles. The Morgan fingerprint density at radius 3 is 3.18 bits per heavy atom. The van der Waals surface area contributed by atoms with E-state index in [-0.39, 0.29) is 5.91 Å². The first-order valence-electron chi connectivity index (χ1n) is 7.15. The van der Waals surface area contributed by atoms with Crippen molar-refractivity contribution in [3.63, 3.8) is 0 Å². The lowest BCUT2D eigenvalue weighted by Gasteiger charge is -2.26. The second-order valence-corrected chi connectivity index (χ2v) is 6.15. The molecular weight excluding hydrogens is 298 g/mol. The van der Waals surface area contributed by atoms with Crippen molar-refractivity contribution in [3.8, 4) is 11.4 Å². The maximum Gasteiger partial charge on any atom is 0.227 e. The van der Waals surface area contributed by atoms with Gasteiger partial charge in [-0.1, -0.05) is 0 Å². The third-order valence-corrected chi connectivity index (χ3v) is 4.62. The van der Waals surface area contributed by atoms with Crippen molar-refractivity contribution in [2.24, 2.45) is 0 Å². The van der Waals surface area contributed by atoms with Crippen LogP contribution in [0, 0.1) is 0 Å². The first kappa shape index (κ1) is 13.3. The van der Waals surface area contributed by atoms with E-state index in [1.54, 1.807) is 17.5 Å². The van der Waals surface area contributed by atoms with E-state index in [1.165, 1.54) is 0 Å². The number of amides is 1. The second-order valence-electron chi connectivity index (χ2n) is 5.37. The predicted molar refractivity (Wildman–Crippen MR) is 83.3 cm³/mol. The van der Waals surface area contributed by atoms with Crippen LogP contribution in [-0.4, -0.2) is 37.5 Å². The number of carbonyl (C=O) groups is 1. The van der Waals surface area contributed by atoms with Gasteiger partial charge in [0.1, 0.15) is 5.82 Å². The smallest absolute Gasteiger partial charge is 0.227 e. The molecule has 1 aliphatic heterocycles. The summed E-state index contributed by atoms with van der Waals surface area (Å²) >= 11 is 1.62. The van der Waals surface area contributed by atoms with Gasteiger partial charge in [0.2, 0.25) is 5.91 Å². The molecule has 0 aliphatic carbocycles. The Labute approximate surface area is 131 Å². The van der Waals surface area contributed by atoms with E-state index < -0.39 is 0 Å². The molecule has 3 aromatic heterocycles. The summed E-state index contributed by atoms with van der Waals surface area (Å²) in [6, 6.07) is 2.01. The number of fused-ring (bicyclic) bond motifs is 1. The van der Waals surface area contributed by atoms with Crippen LogP contribution in [0.2, 0.25) is 0 Å². The van der Waals surface area contributed by atoms with E-state index in [0.717, 1.165) is 41.3 Å². The highest BCUT2D eigenvalue weighted by molar-refractivity contribution is 7.07. The first-order chi connectivity index (χ1) is 10.8. The number of aromatic nitrogens is 4. The fourth-order valence-corrected chi connectivity index (χ4v) is 3.37. The van der Waals surface area contributed by atoms with Crippen LogP contribution in [0.5, 0.6) is 0 Å². The molecule has 0 atom stereocenters. The molecule has 0 fully saturated rings. The zero-order valence-electron chi connectivity index (χ0n) is 11.9. The summed E-state index contributed by atoms with van der Waals surface area (Å²) in [5.41, 5.74) is 4.10. The molecule has 4 rings (SSSR count). The maximum atomic E-state index is 12.4. The highest BCUT2D eigenvalue weighted by Gasteiger charge is 2.24. The van der Waals surface area contributed by atoms with Gasteiger partial charge in [0.25, 0.3) is 0 Å². The summed E-state index contributed by atoms with van der Waals surface area (Å²) in [5.74, 6) is 0.981. The molecule has 0 bridgehead atoms. The number of hydrogen-bond acceptors (Lipinski definition) is 4. The van der Waals surface area contributed by atoms with Crippen molar-refractivity contribution < 1.29 is 4.79 Å². The summed E-state index contributed by atoms with van der Waals surface area (Å²) in [6.45, 7) is 1.33. The van der Waals surface area contributed by atoms with Crippen LogP contribution in [0.4, 0.5) is 0 Å². The SMILES string of the molecule is O=C(Cc1ccsc1)N1CCc2nc(-c3cn[nH]c3)[nH]c2C1. The van der Waals surface area contributed by atoms with Gasteiger partial charge in [0, 0.05) is 19.2 Å². The first-order valence-corrected chi connectivity index (χ1v) is 8.09. The molecule has 0 unspecified atom stereocenters. The summed E-state index contributed by atoms with van der Waals surface area (Å²) < 4.78 is 0. The molecule has 3 aromatic rings. The monoisotopic (exact) mass is 313 g/mol. The van der Waals surface area contributed by atoms with Crippen molar-refractivity contribution in [2.45, 2.75) is 19.4 Å². The van der Waals surface area contributed by atoms with Crippen LogP contribution in [0.15, 0.2) is 29.2 Å². The zero-order chi connectivity index (χ0) is 14.9. The quantitative estimate of drug-likeness (QED) is 0.776.